The van der Waals surface area contributed by atoms with Crippen molar-refractivity contribution in [1.82, 2.24) is 4.98 Å². The maximum Gasteiger partial charge on any atom is 0.0606 e. The van der Waals surface area contributed by atoms with Crippen LogP contribution in [0.15, 0.2) is 30.5 Å². The van der Waals surface area contributed by atoms with E-state index < -0.39 is 0 Å². The number of nitrogens with one attached hydrogen (secondary N) is 1. The van der Waals surface area contributed by atoms with Gasteiger partial charge in [-0.1, -0.05) is 23.2 Å². The van der Waals surface area contributed by atoms with Crippen LogP contribution in [-0.2, 0) is 6.54 Å². The van der Waals surface area contributed by atoms with Crippen LogP contribution in [0.4, 0.5) is 5.69 Å². The Morgan fingerprint density at radius 1 is 1.11 bits per heavy atom. The SMILES string of the molecule is Cc1ccnc(C)c1NCc1cc(Cl)cc(Cl)c1. The lowest BCUT2D eigenvalue weighted by atomic mass is 10.1. The molecular weight excluding hydrogens is 267 g/mol. The number of anilines is 1. The van der Waals surface area contributed by atoms with Crippen LogP contribution in [0.25, 0.3) is 0 Å². The molecule has 1 N–H and O–H groups in total. The quantitative estimate of drug-likeness (QED) is 0.888. The molecule has 0 radical (unpaired) electrons. The number of hydrogen-bond acceptors (Lipinski definition) is 2. The van der Waals surface area contributed by atoms with Crippen molar-refractivity contribution >= 4 is 28.9 Å². The Bertz CT molecular complexity index is 527. The molecule has 2 rings (SSSR count). The van der Waals surface area contributed by atoms with Crippen molar-refractivity contribution < 1.29 is 0 Å². The molecule has 4 heteroatoms. The van der Waals surface area contributed by atoms with Gasteiger partial charge in [0.2, 0.25) is 0 Å². The third-order valence-corrected chi connectivity index (χ3v) is 3.18. The molecule has 0 unspecified atom stereocenters. The van der Waals surface area contributed by atoms with Crippen LogP contribution >= 0.6 is 23.2 Å². The number of benzene rings is 1. The smallest absolute Gasteiger partial charge is 0.0606 e. The second kappa shape index (κ2) is 5.59. The molecule has 0 spiro atoms. The molecule has 0 fully saturated rings. The average molecular weight is 281 g/mol. The predicted molar refractivity (Wildman–Crippen MR) is 77.5 cm³/mol. The van der Waals surface area contributed by atoms with Crippen LogP contribution < -0.4 is 5.32 Å². The minimum atomic E-state index is 0.652. The van der Waals surface area contributed by atoms with Crippen LogP contribution in [-0.4, -0.2) is 4.98 Å². The third-order valence-electron chi connectivity index (χ3n) is 2.74. The number of halogens is 2. The van der Waals surface area contributed by atoms with E-state index in [9.17, 15) is 0 Å². The average Bonchev–Trinajstić information content (AvgIpc) is 2.27. The molecule has 0 aliphatic rings. The molecule has 1 aromatic carbocycles. The zero-order valence-electron chi connectivity index (χ0n) is 10.3. The number of nitrogens with zero attached hydrogens (tertiary/aromatic N) is 1. The highest BCUT2D eigenvalue weighted by Gasteiger charge is 2.03. The fraction of sp³-hybridized carbons (Fsp3) is 0.214. The Morgan fingerprint density at radius 2 is 1.78 bits per heavy atom. The Morgan fingerprint density at radius 3 is 2.39 bits per heavy atom. The van der Waals surface area contributed by atoms with E-state index in [-0.39, 0.29) is 0 Å². The van der Waals surface area contributed by atoms with E-state index in [4.69, 9.17) is 23.2 Å². The second-order valence-electron chi connectivity index (χ2n) is 4.22. The standard InChI is InChI=1S/C14H14Cl2N2/c1-9-3-4-17-10(2)14(9)18-8-11-5-12(15)7-13(16)6-11/h3-7,18H,8H2,1-2H3. The fourth-order valence-corrected chi connectivity index (χ4v) is 2.44. The van der Waals surface area contributed by atoms with Gasteiger partial charge in [-0.2, -0.15) is 0 Å². The number of pyridine rings is 1. The number of aromatic nitrogens is 1. The summed E-state index contributed by atoms with van der Waals surface area (Å²) in [6.45, 7) is 4.72. The Labute approximate surface area is 117 Å². The summed E-state index contributed by atoms with van der Waals surface area (Å²) >= 11 is 11.9. The number of aryl methyl sites for hydroxylation is 2. The first-order chi connectivity index (χ1) is 8.56. The van der Waals surface area contributed by atoms with Crippen molar-refractivity contribution in [2.75, 3.05) is 5.32 Å². The van der Waals surface area contributed by atoms with E-state index in [0.29, 0.717) is 16.6 Å². The molecule has 1 aromatic heterocycles. The fourth-order valence-electron chi connectivity index (χ4n) is 1.86. The lowest BCUT2D eigenvalue weighted by molar-refractivity contribution is 1.09. The van der Waals surface area contributed by atoms with Gasteiger partial charge in [0, 0.05) is 22.8 Å². The molecule has 1 heterocycles. The summed E-state index contributed by atoms with van der Waals surface area (Å²) in [6.07, 6.45) is 1.81. The molecule has 0 saturated carbocycles. The van der Waals surface area contributed by atoms with Gasteiger partial charge in [-0.05, 0) is 49.2 Å². The molecule has 0 bridgehead atoms. The summed E-state index contributed by atoms with van der Waals surface area (Å²) in [5.74, 6) is 0. The minimum Gasteiger partial charge on any atom is -0.379 e. The van der Waals surface area contributed by atoms with Gasteiger partial charge >= 0.3 is 0 Å². The Kier molecular flexibility index (Phi) is 4.10. The van der Waals surface area contributed by atoms with Crippen molar-refractivity contribution in [3.63, 3.8) is 0 Å². The maximum absolute atomic E-state index is 5.97. The predicted octanol–water partition coefficient (Wildman–Crippen LogP) is 4.62. The molecule has 0 amide bonds. The molecular formula is C14H14Cl2N2. The van der Waals surface area contributed by atoms with Crippen molar-refractivity contribution in [3.8, 4) is 0 Å². The molecule has 18 heavy (non-hydrogen) atoms. The van der Waals surface area contributed by atoms with E-state index >= 15 is 0 Å². The highest BCUT2D eigenvalue weighted by Crippen LogP contribution is 2.22. The molecule has 2 aromatic rings. The van der Waals surface area contributed by atoms with Crippen LogP contribution in [0.1, 0.15) is 16.8 Å². The van der Waals surface area contributed by atoms with E-state index in [1.807, 2.05) is 31.3 Å². The van der Waals surface area contributed by atoms with Gasteiger partial charge in [-0.25, -0.2) is 0 Å². The first-order valence-corrected chi connectivity index (χ1v) is 6.43. The largest absolute Gasteiger partial charge is 0.379 e. The minimum absolute atomic E-state index is 0.652. The number of rotatable bonds is 3. The van der Waals surface area contributed by atoms with Crippen LogP contribution in [0.2, 0.25) is 10.0 Å². The van der Waals surface area contributed by atoms with Gasteiger partial charge in [0.25, 0.3) is 0 Å². The number of hydrogen-bond donors (Lipinski definition) is 1. The Balaban J connectivity index is 2.16. The lowest BCUT2D eigenvalue weighted by Gasteiger charge is -2.12. The molecule has 94 valence electrons. The molecule has 0 atom stereocenters. The summed E-state index contributed by atoms with van der Waals surface area (Å²) in [4.78, 5) is 4.27. The van der Waals surface area contributed by atoms with Gasteiger partial charge in [0.1, 0.15) is 0 Å². The van der Waals surface area contributed by atoms with Crippen molar-refractivity contribution in [2.45, 2.75) is 20.4 Å². The zero-order chi connectivity index (χ0) is 13.1. The maximum atomic E-state index is 5.97. The van der Waals surface area contributed by atoms with E-state index in [1.54, 1.807) is 6.07 Å². The molecule has 0 saturated heterocycles. The molecule has 0 aliphatic heterocycles. The van der Waals surface area contributed by atoms with E-state index in [2.05, 4.69) is 17.2 Å². The zero-order valence-corrected chi connectivity index (χ0v) is 11.8. The van der Waals surface area contributed by atoms with Gasteiger partial charge in [-0.15, -0.1) is 0 Å². The summed E-state index contributed by atoms with van der Waals surface area (Å²) in [5, 5.41) is 4.68. The van der Waals surface area contributed by atoms with Crippen LogP contribution in [0.5, 0.6) is 0 Å². The second-order valence-corrected chi connectivity index (χ2v) is 5.09. The molecule has 0 aliphatic carbocycles. The van der Waals surface area contributed by atoms with Gasteiger partial charge in [-0.3, -0.25) is 4.98 Å². The summed E-state index contributed by atoms with van der Waals surface area (Å²) in [7, 11) is 0. The molecule has 2 nitrogen and oxygen atoms in total. The highest BCUT2D eigenvalue weighted by atomic mass is 35.5. The monoisotopic (exact) mass is 280 g/mol. The first kappa shape index (κ1) is 13.2. The van der Waals surface area contributed by atoms with E-state index in [1.165, 1.54) is 5.56 Å². The van der Waals surface area contributed by atoms with Crippen molar-refractivity contribution in [2.24, 2.45) is 0 Å². The Hall–Kier alpha value is -1.25. The topological polar surface area (TPSA) is 24.9 Å². The van der Waals surface area contributed by atoms with Crippen molar-refractivity contribution in [1.29, 1.82) is 0 Å². The third kappa shape index (κ3) is 3.15. The summed E-state index contributed by atoms with van der Waals surface area (Å²) in [5.41, 5.74) is 4.28. The van der Waals surface area contributed by atoms with Crippen molar-refractivity contribution in [3.05, 3.63) is 57.3 Å². The first-order valence-electron chi connectivity index (χ1n) is 5.67. The normalized spacial score (nSPS) is 10.4. The van der Waals surface area contributed by atoms with Crippen LogP contribution in [0, 0.1) is 13.8 Å². The van der Waals surface area contributed by atoms with Crippen LogP contribution in [0.3, 0.4) is 0 Å². The van der Waals surface area contributed by atoms with E-state index in [0.717, 1.165) is 16.9 Å². The van der Waals surface area contributed by atoms with Gasteiger partial charge in [0.05, 0.1) is 11.4 Å². The van der Waals surface area contributed by atoms with Gasteiger partial charge in [0.15, 0.2) is 0 Å². The summed E-state index contributed by atoms with van der Waals surface area (Å²) < 4.78 is 0. The highest BCUT2D eigenvalue weighted by molar-refractivity contribution is 6.34. The lowest BCUT2D eigenvalue weighted by Crippen LogP contribution is -2.04. The van der Waals surface area contributed by atoms with Gasteiger partial charge < -0.3 is 5.32 Å². The summed E-state index contributed by atoms with van der Waals surface area (Å²) in [6, 6.07) is 7.52.